The number of hydrogen-bond acceptors (Lipinski definition) is 2. The van der Waals surface area contributed by atoms with Crippen LogP contribution in [-0.2, 0) is 5.41 Å². The summed E-state index contributed by atoms with van der Waals surface area (Å²) in [7, 11) is 0. The van der Waals surface area contributed by atoms with Crippen LogP contribution in [0, 0.1) is 5.41 Å². The maximum absolute atomic E-state index is 10.1. The molecule has 2 heteroatoms. The second-order valence-electron chi connectivity index (χ2n) is 8.07. The first-order chi connectivity index (χ1) is 11.3. The Labute approximate surface area is 145 Å². The van der Waals surface area contributed by atoms with Crippen molar-refractivity contribution in [3.8, 4) is 11.5 Å². The van der Waals surface area contributed by atoms with Crippen molar-refractivity contribution in [2.45, 2.75) is 57.8 Å². The second kappa shape index (κ2) is 6.16. The fourth-order valence-electron chi connectivity index (χ4n) is 4.25. The molecule has 0 bridgehead atoms. The number of para-hydroxylation sites is 1. The van der Waals surface area contributed by atoms with Gasteiger partial charge in [-0.15, -0.1) is 0 Å². The molecule has 128 valence electrons. The smallest absolute Gasteiger partial charge is 0.119 e. The highest BCUT2D eigenvalue weighted by molar-refractivity contribution is 5.36. The van der Waals surface area contributed by atoms with Gasteiger partial charge in [-0.1, -0.05) is 51.1 Å². The Bertz CT molecular complexity index is 692. The molecule has 2 aromatic carbocycles. The van der Waals surface area contributed by atoms with E-state index in [4.69, 9.17) is 0 Å². The van der Waals surface area contributed by atoms with Crippen molar-refractivity contribution in [3.63, 3.8) is 0 Å². The number of aromatic hydroxyl groups is 2. The lowest BCUT2D eigenvalue weighted by molar-refractivity contribution is 0.0980. The fraction of sp³-hybridized carbons (Fsp3) is 0.455. The molecule has 1 aliphatic carbocycles. The average Bonchev–Trinajstić information content (AvgIpc) is 2.57. The van der Waals surface area contributed by atoms with Crippen LogP contribution < -0.4 is 0 Å². The zero-order chi connectivity index (χ0) is 17.4. The Morgan fingerprint density at radius 3 is 2.08 bits per heavy atom. The van der Waals surface area contributed by atoms with Gasteiger partial charge in [0.05, 0.1) is 0 Å². The van der Waals surface area contributed by atoms with Crippen LogP contribution >= 0.6 is 0 Å². The first-order valence-electron chi connectivity index (χ1n) is 8.91. The van der Waals surface area contributed by atoms with Crippen LogP contribution in [0.15, 0.2) is 48.5 Å². The summed E-state index contributed by atoms with van der Waals surface area (Å²) < 4.78 is 0. The minimum absolute atomic E-state index is 0.0460. The van der Waals surface area contributed by atoms with Crippen LogP contribution in [0.25, 0.3) is 0 Å². The van der Waals surface area contributed by atoms with Gasteiger partial charge in [0.2, 0.25) is 0 Å². The standard InChI is InChI=1S/C22H28O2/c1-21(2,17-8-10-18(23)11-9-17)22(3)14-12-16(13-15-22)19-6-4-5-7-20(19)24/h4-11,16,23-24H,12-15H2,1-3H3. The van der Waals surface area contributed by atoms with E-state index in [0.717, 1.165) is 31.2 Å². The lowest BCUT2D eigenvalue weighted by atomic mass is 9.55. The normalized spacial score (nSPS) is 24.7. The van der Waals surface area contributed by atoms with Crippen molar-refractivity contribution in [2.75, 3.05) is 0 Å². The Morgan fingerprint density at radius 1 is 0.917 bits per heavy atom. The quantitative estimate of drug-likeness (QED) is 0.756. The molecular weight excluding hydrogens is 296 g/mol. The summed E-state index contributed by atoms with van der Waals surface area (Å²) in [5, 5.41) is 19.7. The molecule has 1 saturated carbocycles. The third kappa shape index (κ3) is 2.90. The van der Waals surface area contributed by atoms with Gasteiger partial charge in [-0.2, -0.15) is 0 Å². The molecular formula is C22H28O2. The van der Waals surface area contributed by atoms with Gasteiger partial charge in [0.15, 0.2) is 0 Å². The molecule has 0 aromatic heterocycles. The van der Waals surface area contributed by atoms with Gasteiger partial charge in [-0.05, 0) is 71.8 Å². The number of benzene rings is 2. The Morgan fingerprint density at radius 2 is 1.50 bits per heavy atom. The SMILES string of the molecule is CC1(C(C)(C)c2ccc(O)cc2)CCC(c2ccccc2O)CC1. The van der Waals surface area contributed by atoms with E-state index in [1.807, 2.05) is 12.1 Å². The van der Waals surface area contributed by atoms with E-state index in [9.17, 15) is 10.2 Å². The molecule has 1 fully saturated rings. The highest BCUT2D eigenvalue weighted by Gasteiger charge is 2.44. The minimum Gasteiger partial charge on any atom is -0.508 e. The van der Waals surface area contributed by atoms with Crippen LogP contribution in [0.1, 0.15) is 63.5 Å². The van der Waals surface area contributed by atoms with Gasteiger partial charge >= 0.3 is 0 Å². The van der Waals surface area contributed by atoms with E-state index in [-0.39, 0.29) is 10.8 Å². The minimum atomic E-state index is 0.0460. The molecule has 0 unspecified atom stereocenters. The molecule has 2 aromatic rings. The average molecular weight is 324 g/mol. The van der Waals surface area contributed by atoms with Gasteiger partial charge < -0.3 is 10.2 Å². The highest BCUT2D eigenvalue weighted by atomic mass is 16.3. The maximum atomic E-state index is 10.1. The molecule has 0 aliphatic heterocycles. The van der Waals surface area contributed by atoms with Gasteiger partial charge in [-0.3, -0.25) is 0 Å². The predicted molar refractivity (Wildman–Crippen MR) is 98.6 cm³/mol. The van der Waals surface area contributed by atoms with Crippen molar-refractivity contribution in [1.82, 2.24) is 0 Å². The van der Waals surface area contributed by atoms with Gasteiger partial charge in [0, 0.05) is 0 Å². The van der Waals surface area contributed by atoms with Gasteiger partial charge in [0.1, 0.15) is 11.5 Å². The molecule has 0 heterocycles. The summed E-state index contributed by atoms with van der Waals surface area (Å²) in [6.45, 7) is 7.03. The van der Waals surface area contributed by atoms with E-state index in [1.54, 1.807) is 18.2 Å². The number of phenols is 2. The van der Waals surface area contributed by atoms with Crippen LogP contribution in [0.3, 0.4) is 0 Å². The van der Waals surface area contributed by atoms with Crippen molar-refractivity contribution >= 4 is 0 Å². The van der Waals surface area contributed by atoms with Crippen molar-refractivity contribution in [2.24, 2.45) is 5.41 Å². The van der Waals surface area contributed by atoms with Crippen molar-refractivity contribution in [3.05, 3.63) is 59.7 Å². The van der Waals surface area contributed by atoms with Crippen LogP contribution in [0.4, 0.5) is 0 Å². The third-order valence-corrected chi connectivity index (χ3v) is 6.56. The molecule has 2 nitrogen and oxygen atoms in total. The summed E-state index contributed by atoms with van der Waals surface area (Å²) in [6.07, 6.45) is 4.49. The van der Waals surface area contributed by atoms with E-state index in [1.165, 1.54) is 5.56 Å². The summed E-state index contributed by atoms with van der Waals surface area (Å²) in [6, 6.07) is 15.4. The van der Waals surface area contributed by atoms with E-state index in [2.05, 4.69) is 39.0 Å². The number of phenolic OH excluding ortho intramolecular Hbond substituents is 2. The first-order valence-corrected chi connectivity index (χ1v) is 8.91. The van der Waals surface area contributed by atoms with E-state index < -0.39 is 0 Å². The number of rotatable bonds is 3. The second-order valence-corrected chi connectivity index (χ2v) is 8.07. The van der Waals surface area contributed by atoms with Crippen molar-refractivity contribution < 1.29 is 10.2 Å². The zero-order valence-electron chi connectivity index (χ0n) is 14.9. The van der Waals surface area contributed by atoms with Gasteiger partial charge in [-0.25, -0.2) is 0 Å². The van der Waals surface area contributed by atoms with Crippen LogP contribution in [0.2, 0.25) is 0 Å². The third-order valence-electron chi connectivity index (χ3n) is 6.56. The molecule has 0 saturated heterocycles. The Kier molecular flexibility index (Phi) is 4.33. The largest absolute Gasteiger partial charge is 0.508 e. The summed E-state index contributed by atoms with van der Waals surface area (Å²) >= 11 is 0. The highest BCUT2D eigenvalue weighted by Crippen LogP contribution is 2.54. The molecule has 2 N–H and O–H groups in total. The molecule has 1 aliphatic rings. The lowest BCUT2D eigenvalue weighted by Crippen LogP contribution is -2.41. The van der Waals surface area contributed by atoms with Crippen molar-refractivity contribution in [1.29, 1.82) is 0 Å². The molecule has 0 spiro atoms. The summed E-state index contributed by atoms with van der Waals surface area (Å²) in [5.74, 6) is 1.21. The fourth-order valence-corrected chi connectivity index (χ4v) is 4.25. The molecule has 0 radical (unpaired) electrons. The molecule has 0 amide bonds. The Hall–Kier alpha value is -1.96. The molecule has 0 atom stereocenters. The summed E-state index contributed by atoms with van der Waals surface area (Å²) in [4.78, 5) is 0. The number of hydrogen-bond donors (Lipinski definition) is 2. The zero-order valence-corrected chi connectivity index (χ0v) is 14.9. The topological polar surface area (TPSA) is 40.5 Å². The monoisotopic (exact) mass is 324 g/mol. The first kappa shape index (κ1) is 16.9. The predicted octanol–water partition coefficient (Wildman–Crippen LogP) is 5.74. The van der Waals surface area contributed by atoms with Gasteiger partial charge in [0.25, 0.3) is 0 Å². The van der Waals surface area contributed by atoms with Crippen LogP contribution in [0.5, 0.6) is 11.5 Å². The van der Waals surface area contributed by atoms with E-state index >= 15 is 0 Å². The molecule has 3 rings (SSSR count). The Balaban J connectivity index is 1.79. The van der Waals surface area contributed by atoms with Crippen LogP contribution in [-0.4, -0.2) is 10.2 Å². The lowest BCUT2D eigenvalue weighted by Gasteiger charge is -2.49. The maximum Gasteiger partial charge on any atom is 0.119 e. The molecule has 24 heavy (non-hydrogen) atoms. The summed E-state index contributed by atoms with van der Waals surface area (Å²) in [5.41, 5.74) is 2.64. The van der Waals surface area contributed by atoms with E-state index in [0.29, 0.717) is 17.4 Å².